The normalized spacial score (nSPS) is 11.5. The summed E-state index contributed by atoms with van der Waals surface area (Å²) in [7, 11) is 0. The van der Waals surface area contributed by atoms with Crippen LogP contribution >= 0.6 is 0 Å². The van der Waals surface area contributed by atoms with Crippen molar-refractivity contribution in [2.75, 3.05) is 18.9 Å². The number of rotatable bonds is 36. The van der Waals surface area contributed by atoms with E-state index in [1.54, 1.807) is 0 Å². The van der Waals surface area contributed by atoms with Crippen molar-refractivity contribution in [3.05, 3.63) is 30.3 Å². The smallest absolute Gasteiger partial charge is 0.169 e. The Morgan fingerprint density at radius 1 is 0.388 bits per heavy atom. The molecule has 0 saturated carbocycles. The van der Waals surface area contributed by atoms with E-state index in [9.17, 15) is 0 Å². The highest BCUT2D eigenvalue weighted by atomic mass is 16.5. The van der Waals surface area contributed by atoms with Gasteiger partial charge in [0.05, 0.1) is 13.2 Å². The van der Waals surface area contributed by atoms with Crippen LogP contribution in [0.1, 0.15) is 219 Å². The third-order valence-corrected chi connectivity index (χ3v) is 10.5. The molecule has 0 aliphatic rings. The molecular weight excluding hydrogens is 599 g/mol. The van der Waals surface area contributed by atoms with Gasteiger partial charge in [0.2, 0.25) is 0 Å². The lowest BCUT2D eigenvalue weighted by atomic mass is 10.0. The van der Waals surface area contributed by atoms with Gasteiger partial charge in [-0.3, -0.25) is 0 Å². The van der Waals surface area contributed by atoms with Crippen LogP contribution in [0.15, 0.2) is 30.3 Å². The van der Waals surface area contributed by atoms with Crippen LogP contribution in [0.5, 0.6) is 11.5 Å². The Morgan fingerprint density at radius 2 is 0.694 bits per heavy atom. The highest BCUT2D eigenvalue weighted by Gasteiger charge is 2.13. The van der Waals surface area contributed by atoms with Crippen molar-refractivity contribution in [1.82, 2.24) is 0 Å². The Balaban J connectivity index is 1.52. The lowest BCUT2D eigenvalue weighted by Gasteiger charge is -2.17. The largest absolute Gasteiger partial charge is 0.490 e. The van der Waals surface area contributed by atoms with Gasteiger partial charge in [0.1, 0.15) is 0 Å². The van der Waals surface area contributed by atoms with Crippen LogP contribution in [-0.2, 0) is 0 Å². The fraction of sp³-hybridized carbons (Fsp3) is 0.783. The molecule has 0 spiro atoms. The monoisotopic (exact) mass is 680 g/mol. The van der Waals surface area contributed by atoms with E-state index in [0.29, 0.717) is 0 Å². The van der Waals surface area contributed by atoms with Crippen LogP contribution in [0.25, 0.3) is 10.8 Å². The molecule has 0 saturated heterocycles. The van der Waals surface area contributed by atoms with E-state index in [0.717, 1.165) is 54.0 Å². The van der Waals surface area contributed by atoms with Crippen LogP contribution < -0.4 is 15.2 Å². The average Bonchev–Trinajstić information content (AvgIpc) is 3.12. The second-order valence-corrected chi connectivity index (χ2v) is 15.1. The van der Waals surface area contributed by atoms with E-state index in [1.807, 2.05) is 6.07 Å². The first-order valence-electron chi connectivity index (χ1n) is 21.8. The number of nitrogens with two attached hydrogens (primary N) is 1. The Bertz CT molecular complexity index is 1000. The quantitative estimate of drug-likeness (QED) is 0.0576. The van der Waals surface area contributed by atoms with Crippen molar-refractivity contribution >= 4 is 16.5 Å². The van der Waals surface area contributed by atoms with Gasteiger partial charge in [0.25, 0.3) is 0 Å². The molecule has 0 amide bonds. The molecule has 2 aromatic carbocycles. The van der Waals surface area contributed by atoms with E-state index < -0.39 is 0 Å². The summed E-state index contributed by atoms with van der Waals surface area (Å²) in [6.45, 7) is 6.06. The summed E-state index contributed by atoms with van der Waals surface area (Å²) < 4.78 is 12.8. The molecule has 0 aromatic heterocycles. The number of fused-ring (bicyclic) bond motifs is 1. The predicted molar refractivity (Wildman–Crippen MR) is 218 cm³/mol. The molecule has 0 fully saturated rings. The third kappa shape index (κ3) is 22.5. The maximum Gasteiger partial charge on any atom is 0.169 e. The minimum Gasteiger partial charge on any atom is -0.490 e. The van der Waals surface area contributed by atoms with E-state index >= 15 is 0 Å². The van der Waals surface area contributed by atoms with Crippen LogP contribution in [0.3, 0.4) is 0 Å². The summed E-state index contributed by atoms with van der Waals surface area (Å²) in [4.78, 5) is 0. The minimum atomic E-state index is 0.728. The van der Waals surface area contributed by atoms with Gasteiger partial charge in [-0.15, -0.1) is 0 Å². The van der Waals surface area contributed by atoms with Crippen LogP contribution in [-0.4, -0.2) is 13.2 Å². The minimum absolute atomic E-state index is 0.728. The highest BCUT2D eigenvalue weighted by Crippen LogP contribution is 2.39. The number of ether oxygens (including phenoxy) is 2. The predicted octanol–water partition coefficient (Wildman–Crippen LogP) is 15.7. The van der Waals surface area contributed by atoms with Crippen molar-refractivity contribution in [2.24, 2.45) is 0 Å². The van der Waals surface area contributed by atoms with Gasteiger partial charge in [0, 0.05) is 22.5 Å². The van der Waals surface area contributed by atoms with Crippen molar-refractivity contribution < 1.29 is 9.47 Å². The topological polar surface area (TPSA) is 44.5 Å². The molecule has 0 heterocycles. The first-order valence-corrected chi connectivity index (χ1v) is 21.8. The molecule has 0 atom stereocenters. The van der Waals surface area contributed by atoms with E-state index in [1.165, 1.54) is 193 Å². The molecular formula is C46H81NO2. The number of benzene rings is 2. The van der Waals surface area contributed by atoms with Crippen LogP contribution in [0.4, 0.5) is 5.69 Å². The van der Waals surface area contributed by atoms with E-state index in [2.05, 4.69) is 38.1 Å². The second kappa shape index (κ2) is 32.0. The van der Waals surface area contributed by atoms with Gasteiger partial charge in [-0.1, -0.05) is 231 Å². The van der Waals surface area contributed by atoms with Gasteiger partial charge in [-0.2, -0.15) is 0 Å². The first-order chi connectivity index (χ1) is 24.3. The van der Waals surface area contributed by atoms with Crippen molar-refractivity contribution in [1.29, 1.82) is 0 Å². The van der Waals surface area contributed by atoms with Gasteiger partial charge in [-0.05, 0) is 12.8 Å². The van der Waals surface area contributed by atoms with Crippen molar-refractivity contribution in [2.45, 2.75) is 219 Å². The Morgan fingerprint density at radius 3 is 1.06 bits per heavy atom. The summed E-state index contributed by atoms with van der Waals surface area (Å²) in [6.07, 6.45) is 44.2. The van der Waals surface area contributed by atoms with Crippen LogP contribution in [0, 0.1) is 0 Å². The second-order valence-electron chi connectivity index (χ2n) is 15.1. The molecule has 0 bridgehead atoms. The lowest BCUT2D eigenvalue weighted by molar-refractivity contribution is 0.261. The lowest BCUT2D eigenvalue weighted by Crippen LogP contribution is -2.04. The van der Waals surface area contributed by atoms with Crippen LogP contribution in [0.2, 0.25) is 0 Å². The molecule has 0 aliphatic heterocycles. The zero-order valence-corrected chi connectivity index (χ0v) is 32.8. The third-order valence-electron chi connectivity index (χ3n) is 10.5. The maximum absolute atomic E-state index is 6.45. The van der Waals surface area contributed by atoms with Gasteiger partial charge in [0.15, 0.2) is 11.5 Å². The summed E-state index contributed by atoms with van der Waals surface area (Å²) in [6, 6.07) is 10.3. The summed E-state index contributed by atoms with van der Waals surface area (Å²) >= 11 is 0. The van der Waals surface area contributed by atoms with E-state index in [-0.39, 0.29) is 0 Å². The van der Waals surface area contributed by atoms with Gasteiger partial charge < -0.3 is 15.2 Å². The first kappa shape index (κ1) is 43.3. The fourth-order valence-corrected chi connectivity index (χ4v) is 7.26. The summed E-state index contributed by atoms with van der Waals surface area (Å²) in [5, 5.41) is 2.13. The zero-order valence-electron chi connectivity index (χ0n) is 32.8. The molecule has 49 heavy (non-hydrogen) atoms. The number of hydrogen-bond donors (Lipinski definition) is 1. The molecule has 3 nitrogen and oxygen atoms in total. The molecule has 0 aliphatic carbocycles. The Labute approximate surface area is 305 Å². The molecule has 0 unspecified atom stereocenters. The molecule has 2 aromatic rings. The summed E-state index contributed by atoms with van der Waals surface area (Å²) in [5.74, 6) is 1.69. The van der Waals surface area contributed by atoms with Crippen molar-refractivity contribution in [3.63, 3.8) is 0 Å². The number of hydrogen-bond acceptors (Lipinski definition) is 3. The summed E-state index contributed by atoms with van der Waals surface area (Å²) in [5.41, 5.74) is 7.22. The number of anilines is 1. The van der Waals surface area contributed by atoms with Gasteiger partial charge >= 0.3 is 0 Å². The van der Waals surface area contributed by atoms with E-state index in [4.69, 9.17) is 15.2 Å². The fourth-order valence-electron chi connectivity index (χ4n) is 7.26. The van der Waals surface area contributed by atoms with Crippen molar-refractivity contribution in [3.8, 4) is 11.5 Å². The molecule has 2 N–H and O–H groups in total. The number of nitrogen functional groups attached to an aromatic ring is 1. The maximum atomic E-state index is 6.45. The molecule has 3 heteroatoms. The average molecular weight is 680 g/mol. The Hall–Kier alpha value is -1.90. The number of unbranched alkanes of at least 4 members (excludes halogenated alkanes) is 30. The standard InChI is InChI=1S/C46H81NO2/c1-3-5-7-9-11-13-15-17-19-21-23-25-27-29-31-35-39-48-45-41-44(47)42-37-33-34-38-43(42)46(45)49-40-36-32-30-28-26-24-22-20-18-16-14-12-10-8-6-4-2/h33-34,37-38,41H,3-32,35-36,39-40,47H2,1-2H3. The Kier molecular flexibility index (Phi) is 28.3. The molecule has 2 rings (SSSR count). The zero-order chi connectivity index (χ0) is 34.9. The molecule has 0 radical (unpaired) electrons. The van der Waals surface area contributed by atoms with Gasteiger partial charge in [-0.25, -0.2) is 0 Å². The SMILES string of the molecule is CCCCCCCCCCCCCCCCCCOc1cc(N)c2ccccc2c1OCCCCCCCCCCCCCCCCCC. The highest BCUT2D eigenvalue weighted by molar-refractivity contribution is 5.99. The molecule has 282 valence electrons.